The van der Waals surface area contributed by atoms with E-state index in [2.05, 4.69) is 15.5 Å². The lowest BCUT2D eigenvalue weighted by atomic mass is 10.1. The topological polar surface area (TPSA) is 148 Å². The van der Waals surface area contributed by atoms with E-state index in [0.717, 1.165) is 6.07 Å². The number of nitrogens with two attached hydrogens (primary N) is 1. The van der Waals surface area contributed by atoms with E-state index >= 15 is 0 Å². The lowest BCUT2D eigenvalue weighted by molar-refractivity contribution is 0.0697. The fraction of sp³-hybridized carbons (Fsp3) is 0.182. The van der Waals surface area contributed by atoms with E-state index < -0.39 is 16.0 Å². The molecule has 10 heteroatoms. The van der Waals surface area contributed by atoms with Crippen LogP contribution in [-0.4, -0.2) is 36.2 Å². The van der Waals surface area contributed by atoms with Crippen molar-refractivity contribution in [1.29, 1.82) is 0 Å². The molecule has 0 bridgehead atoms. The average molecular weight is 312 g/mol. The van der Waals surface area contributed by atoms with Gasteiger partial charge in [0, 0.05) is 18.7 Å². The number of anilines is 1. The Morgan fingerprint density at radius 3 is 2.76 bits per heavy atom. The maximum atomic E-state index is 11.2. The summed E-state index contributed by atoms with van der Waals surface area (Å²) in [4.78, 5) is 14.7. The van der Waals surface area contributed by atoms with Crippen LogP contribution >= 0.6 is 0 Å². The molecule has 1 aromatic carbocycles. The van der Waals surface area contributed by atoms with E-state index in [4.69, 9.17) is 14.8 Å². The summed E-state index contributed by atoms with van der Waals surface area (Å²) in [5.41, 5.74) is 0.0847. The van der Waals surface area contributed by atoms with Crippen LogP contribution in [0.4, 0.5) is 5.69 Å². The van der Waals surface area contributed by atoms with E-state index in [1.165, 1.54) is 18.5 Å². The van der Waals surface area contributed by atoms with Crippen molar-refractivity contribution in [3.63, 3.8) is 0 Å². The molecule has 0 atom stereocenters. The molecule has 1 heterocycles. The van der Waals surface area contributed by atoms with Gasteiger partial charge in [0.25, 0.3) is 0 Å². The Morgan fingerprint density at radius 1 is 1.43 bits per heavy atom. The minimum atomic E-state index is -3.96. The van der Waals surface area contributed by atoms with Gasteiger partial charge < -0.3 is 14.9 Å². The van der Waals surface area contributed by atoms with Gasteiger partial charge in [-0.2, -0.15) is 4.98 Å². The fourth-order valence-corrected chi connectivity index (χ4v) is 2.18. The number of sulfonamides is 1. The van der Waals surface area contributed by atoms with Crippen molar-refractivity contribution in [2.24, 2.45) is 5.14 Å². The number of nitrogens with one attached hydrogen (secondary N) is 1. The van der Waals surface area contributed by atoms with Gasteiger partial charge in [0.1, 0.15) is 0 Å². The third-order valence-corrected chi connectivity index (χ3v) is 3.52. The number of aromatic nitrogens is 2. The Kier molecular flexibility index (Phi) is 4.19. The zero-order chi connectivity index (χ0) is 15.5. The number of rotatable bonds is 6. The van der Waals surface area contributed by atoms with E-state index in [-0.39, 0.29) is 16.1 Å². The predicted octanol–water partition coefficient (Wildman–Crippen LogP) is 0.0698. The highest BCUT2D eigenvalue weighted by atomic mass is 32.2. The van der Waals surface area contributed by atoms with Crippen molar-refractivity contribution in [2.45, 2.75) is 11.3 Å². The average Bonchev–Trinajstić information content (AvgIpc) is 2.90. The Morgan fingerprint density at radius 2 is 2.19 bits per heavy atom. The number of primary sulfonamides is 1. The normalized spacial score (nSPS) is 11.3. The molecule has 1 aromatic heterocycles. The Balaban J connectivity index is 2.17. The number of aromatic carboxylic acids is 1. The standard InChI is InChI=1S/C11H12N4O5S/c12-21(18,19)7-1-2-9(8(5-7)11(16)17)13-4-3-10-14-6-15-20-10/h1-2,5-6,13H,3-4H2,(H,16,17)(H2,12,18,19). The first kappa shape index (κ1) is 14.9. The maximum Gasteiger partial charge on any atom is 0.337 e. The van der Waals surface area contributed by atoms with Crippen molar-refractivity contribution in [1.82, 2.24) is 10.1 Å². The van der Waals surface area contributed by atoms with Gasteiger partial charge in [-0.25, -0.2) is 18.4 Å². The molecular formula is C11H12N4O5S. The van der Waals surface area contributed by atoms with Crippen molar-refractivity contribution in [2.75, 3.05) is 11.9 Å². The van der Waals surface area contributed by atoms with Crippen LogP contribution in [0.15, 0.2) is 33.9 Å². The second kappa shape index (κ2) is 5.89. The molecule has 0 saturated carbocycles. The number of benzene rings is 1. The van der Waals surface area contributed by atoms with Gasteiger partial charge in [-0.05, 0) is 18.2 Å². The molecule has 112 valence electrons. The summed E-state index contributed by atoms with van der Waals surface area (Å²) in [7, 11) is -3.96. The van der Waals surface area contributed by atoms with Crippen LogP contribution in [0.5, 0.6) is 0 Å². The van der Waals surface area contributed by atoms with Crippen molar-refractivity contribution in [3.8, 4) is 0 Å². The molecule has 0 amide bonds. The summed E-state index contributed by atoms with van der Waals surface area (Å²) >= 11 is 0. The van der Waals surface area contributed by atoms with Gasteiger partial charge in [0.2, 0.25) is 15.9 Å². The zero-order valence-electron chi connectivity index (χ0n) is 10.7. The van der Waals surface area contributed by atoms with E-state index in [1.807, 2.05) is 0 Å². The quantitative estimate of drug-likeness (QED) is 0.678. The van der Waals surface area contributed by atoms with E-state index in [1.54, 1.807) is 0 Å². The lowest BCUT2D eigenvalue weighted by Gasteiger charge is -2.09. The maximum absolute atomic E-state index is 11.2. The number of carboxylic acids is 1. The highest BCUT2D eigenvalue weighted by Crippen LogP contribution is 2.20. The number of nitrogens with zero attached hydrogens (tertiary/aromatic N) is 2. The first-order chi connectivity index (χ1) is 9.88. The number of hydrogen-bond donors (Lipinski definition) is 3. The van der Waals surface area contributed by atoms with Gasteiger partial charge in [-0.3, -0.25) is 0 Å². The highest BCUT2D eigenvalue weighted by Gasteiger charge is 2.16. The largest absolute Gasteiger partial charge is 0.478 e. The Labute approximate surface area is 119 Å². The summed E-state index contributed by atoms with van der Waals surface area (Å²) in [6.07, 6.45) is 1.66. The van der Waals surface area contributed by atoms with Crippen LogP contribution < -0.4 is 10.5 Å². The van der Waals surface area contributed by atoms with Crippen LogP contribution in [0.2, 0.25) is 0 Å². The Hall–Kier alpha value is -2.46. The van der Waals surface area contributed by atoms with Gasteiger partial charge in [-0.1, -0.05) is 5.16 Å². The zero-order valence-corrected chi connectivity index (χ0v) is 11.5. The first-order valence-corrected chi connectivity index (χ1v) is 7.32. The van der Waals surface area contributed by atoms with Gasteiger partial charge >= 0.3 is 5.97 Å². The van der Waals surface area contributed by atoms with Crippen molar-refractivity contribution >= 4 is 21.7 Å². The third-order valence-electron chi connectivity index (χ3n) is 2.61. The molecule has 4 N–H and O–H groups in total. The molecule has 2 rings (SSSR count). The molecular weight excluding hydrogens is 300 g/mol. The summed E-state index contributed by atoms with van der Waals surface area (Å²) in [6.45, 7) is 0.344. The Bertz CT molecular complexity index is 742. The molecule has 0 aliphatic rings. The minimum Gasteiger partial charge on any atom is -0.478 e. The van der Waals surface area contributed by atoms with E-state index in [0.29, 0.717) is 18.9 Å². The van der Waals surface area contributed by atoms with Crippen molar-refractivity contribution < 1.29 is 22.8 Å². The van der Waals surface area contributed by atoms with Crippen LogP contribution in [0.3, 0.4) is 0 Å². The molecule has 21 heavy (non-hydrogen) atoms. The predicted molar refractivity (Wildman–Crippen MR) is 71.3 cm³/mol. The SMILES string of the molecule is NS(=O)(=O)c1ccc(NCCc2ncno2)c(C(=O)O)c1. The van der Waals surface area contributed by atoms with E-state index in [9.17, 15) is 13.2 Å². The fourth-order valence-electron chi connectivity index (χ4n) is 1.64. The first-order valence-electron chi connectivity index (χ1n) is 5.77. The lowest BCUT2D eigenvalue weighted by Crippen LogP contribution is -2.15. The highest BCUT2D eigenvalue weighted by molar-refractivity contribution is 7.89. The second-order valence-corrected chi connectivity index (χ2v) is 5.63. The number of carboxylic acid groups (broad SMARTS) is 1. The molecule has 2 aromatic rings. The molecule has 0 fully saturated rings. The smallest absolute Gasteiger partial charge is 0.337 e. The third kappa shape index (κ3) is 3.77. The van der Waals surface area contributed by atoms with Gasteiger partial charge in [0.15, 0.2) is 6.33 Å². The summed E-state index contributed by atoms with van der Waals surface area (Å²) < 4.78 is 27.3. The molecule has 9 nitrogen and oxygen atoms in total. The molecule has 0 aliphatic carbocycles. The molecule has 0 saturated heterocycles. The van der Waals surface area contributed by atoms with Crippen LogP contribution in [0.1, 0.15) is 16.2 Å². The number of hydrogen-bond acceptors (Lipinski definition) is 7. The minimum absolute atomic E-state index is 0.188. The van der Waals surface area contributed by atoms with Crippen LogP contribution in [-0.2, 0) is 16.4 Å². The molecule has 0 radical (unpaired) electrons. The molecule has 0 spiro atoms. The second-order valence-electron chi connectivity index (χ2n) is 4.07. The van der Waals surface area contributed by atoms with Gasteiger partial charge in [0.05, 0.1) is 10.5 Å². The van der Waals surface area contributed by atoms with Crippen LogP contribution in [0.25, 0.3) is 0 Å². The van der Waals surface area contributed by atoms with Gasteiger partial charge in [-0.15, -0.1) is 0 Å². The van der Waals surface area contributed by atoms with Crippen LogP contribution in [0, 0.1) is 0 Å². The molecule has 0 aliphatic heterocycles. The monoisotopic (exact) mass is 312 g/mol. The number of carbonyl (C=O) groups is 1. The summed E-state index contributed by atoms with van der Waals surface area (Å²) in [6, 6.07) is 3.58. The van der Waals surface area contributed by atoms with Crippen molar-refractivity contribution in [3.05, 3.63) is 36.0 Å². The molecule has 0 unspecified atom stereocenters. The summed E-state index contributed by atoms with van der Waals surface area (Å²) in [5, 5.41) is 20.4. The summed E-state index contributed by atoms with van der Waals surface area (Å²) in [5.74, 6) is -0.860.